The molecule has 0 saturated carbocycles. The van der Waals surface area contributed by atoms with E-state index in [2.05, 4.69) is 0 Å². The minimum absolute atomic E-state index is 0.0191. The van der Waals surface area contributed by atoms with Crippen LogP contribution in [-0.2, 0) is 29.6 Å². The number of hydrogen-bond donors (Lipinski definition) is 0. The molecule has 3 heterocycles. The predicted octanol–water partition coefficient (Wildman–Crippen LogP) is 2.95. The number of hydrogen-bond acceptors (Lipinski definition) is 3. The van der Waals surface area contributed by atoms with E-state index in [0.717, 1.165) is 22.4 Å². The lowest BCUT2D eigenvalue weighted by molar-refractivity contribution is -0.139. The number of carbonyl (C=O) groups is 2. The van der Waals surface area contributed by atoms with Gasteiger partial charge in [-0.15, -0.1) is 0 Å². The van der Waals surface area contributed by atoms with Crippen LogP contribution >= 0.6 is 0 Å². The molecule has 1 saturated heterocycles. The highest BCUT2D eigenvalue weighted by molar-refractivity contribution is 5.87. The molecule has 2 aliphatic rings. The Kier molecular flexibility index (Phi) is 5.58. The van der Waals surface area contributed by atoms with Gasteiger partial charge in [-0.2, -0.15) is 0 Å². The van der Waals surface area contributed by atoms with Crippen molar-refractivity contribution >= 4 is 11.8 Å². The van der Waals surface area contributed by atoms with Crippen LogP contribution in [0.15, 0.2) is 71.5 Å². The zero-order valence-corrected chi connectivity index (χ0v) is 18.7. The third kappa shape index (κ3) is 4.09. The molecule has 1 fully saturated rings. The Morgan fingerprint density at radius 3 is 2.42 bits per heavy atom. The van der Waals surface area contributed by atoms with Crippen molar-refractivity contribution in [2.45, 2.75) is 25.3 Å². The average Bonchev–Trinajstić information content (AvgIpc) is 3.22. The van der Waals surface area contributed by atoms with Crippen molar-refractivity contribution in [1.82, 2.24) is 14.4 Å². The summed E-state index contributed by atoms with van der Waals surface area (Å²) in [5.41, 5.74) is 4.61. The number of likely N-dealkylation sites (tertiary alicyclic amines) is 1. The number of aromatic nitrogens is 1. The monoisotopic (exact) mass is 441 g/mol. The highest BCUT2D eigenvalue weighted by Crippen LogP contribution is 2.28. The maximum atomic E-state index is 13.1. The second-order valence-corrected chi connectivity index (χ2v) is 8.91. The lowest BCUT2D eigenvalue weighted by atomic mass is 9.98. The van der Waals surface area contributed by atoms with Crippen LogP contribution in [0.4, 0.5) is 0 Å². The first-order chi connectivity index (χ1) is 16.0. The molecule has 0 N–H and O–H groups in total. The van der Waals surface area contributed by atoms with Gasteiger partial charge < -0.3 is 14.4 Å². The maximum absolute atomic E-state index is 13.1. The molecule has 6 heteroatoms. The summed E-state index contributed by atoms with van der Waals surface area (Å²) in [5, 5.41) is 0. The van der Waals surface area contributed by atoms with E-state index in [1.807, 2.05) is 71.6 Å². The fraction of sp³-hybridized carbons (Fsp3) is 0.296. The fourth-order valence-electron chi connectivity index (χ4n) is 5.00. The zero-order chi connectivity index (χ0) is 22.9. The second kappa shape index (κ2) is 8.70. The maximum Gasteiger partial charge on any atom is 0.258 e. The lowest BCUT2D eigenvalue weighted by Gasteiger charge is -2.31. The molecule has 0 aliphatic carbocycles. The van der Waals surface area contributed by atoms with E-state index in [-0.39, 0.29) is 29.8 Å². The van der Waals surface area contributed by atoms with Gasteiger partial charge in [0.2, 0.25) is 11.8 Å². The highest BCUT2D eigenvalue weighted by atomic mass is 16.2. The topological polar surface area (TPSA) is 62.6 Å². The molecule has 6 nitrogen and oxygen atoms in total. The van der Waals surface area contributed by atoms with Gasteiger partial charge in [0.1, 0.15) is 0 Å². The molecular formula is C27H27N3O3. The fourth-order valence-corrected chi connectivity index (χ4v) is 5.00. The van der Waals surface area contributed by atoms with Crippen molar-refractivity contribution in [2.24, 2.45) is 7.05 Å². The number of amides is 2. The predicted molar refractivity (Wildman–Crippen MR) is 127 cm³/mol. The summed E-state index contributed by atoms with van der Waals surface area (Å²) in [6, 6.07) is 21.6. The van der Waals surface area contributed by atoms with Gasteiger partial charge in [-0.3, -0.25) is 14.4 Å². The van der Waals surface area contributed by atoms with E-state index in [4.69, 9.17) is 0 Å². The van der Waals surface area contributed by atoms with Gasteiger partial charge in [0.15, 0.2) is 0 Å². The third-order valence-corrected chi connectivity index (χ3v) is 6.86. The zero-order valence-electron chi connectivity index (χ0n) is 18.7. The first-order valence-corrected chi connectivity index (χ1v) is 11.4. The molecule has 33 heavy (non-hydrogen) atoms. The van der Waals surface area contributed by atoms with Gasteiger partial charge in [0.05, 0.1) is 6.54 Å². The molecule has 1 unspecified atom stereocenters. The molecule has 3 aromatic rings. The van der Waals surface area contributed by atoms with Gasteiger partial charge in [-0.25, -0.2) is 0 Å². The van der Waals surface area contributed by atoms with Crippen LogP contribution < -0.4 is 5.56 Å². The first-order valence-electron chi connectivity index (χ1n) is 11.4. The van der Waals surface area contributed by atoms with Gasteiger partial charge in [-0.05, 0) is 22.8 Å². The number of nitrogens with zero attached hydrogens (tertiary/aromatic N) is 3. The second-order valence-electron chi connectivity index (χ2n) is 8.91. The van der Waals surface area contributed by atoms with Crippen LogP contribution in [-0.4, -0.2) is 45.8 Å². The standard InChI is InChI=1S/C27H27N3O3/c1-28-24-12-13-29(17-22(24)14-23(27(28)33)20-10-6-3-7-11-20)26(32)18-30-16-21(15-25(30)31)19-8-4-2-5-9-19/h2-11,14,21H,12-13,15-18H2,1H3. The smallest absolute Gasteiger partial charge is 0.258 e. The van der Waals surface area contributed by atoms with E-state index in [0.29, 0.717) is 38.0 Å². The first kappa shape index (κ1) is 21.2. The molecule has 2 aliphatic heterocycles. The summed E-state index contributed by atoms with van der Waals surface area (Å²) >= 11 is 0. The summed E-state index contributed by atoms with van der Waals surface area (Å²) in [4.78, 5) is 42.1. The quantitative estimate of drug-likeness (QED) is 0.625. The molecule has 168 valence electrons. The summed E-state index contributed by atoms with van der Waals surface area (Å²) in [6.45, 7) is 1.68. The molecule has 1 atom stereocenters. The van der Waals surface area contributed by atoms with Crippen LogP contribution in [0.1, 0.15) is 29.2 Å². The van der Waals surface area contributed by atoms with Crippen molar-refractivity contribution in [3.8, 4) is 11.1 Å². The molecule has 2 aromatic carbocycles. The summed E-state index contributed by atoms with van der Waals surface area (Å²) in [7, 11) is 1.80. The Balaban J connectivity index is 1.32. The number of fused-ring (bicyclic) bond motifs is 1. The number of carbonyl (C=O) groups excluding carboxylic acids is 2. The average molecular weight is 442 g/mol. The van der Waals surface area contributed by atoms with E-state index >= 15 is 0 Å². The van der Waals surface area contributed by atoms with E-state index < -0.39 is 0 Å². The van der Waals surface area contributed by atoms with Crippen molar-refractivity contribution in [2.75, 3.05) is 19.6 Å². The van der Waals surface area contributed by atoms with Gasteiger partial charge in [-0.1, -0.05) is 60.7 Å². The number of rotatable bonds is 4. The summed E-state index contributed by atoms with van der Waals surface area (Å²) < 4.78 is 1.72. The van der Waals surface area contributed by atoms with Crippen LogP contribution in [0.25, 0.3) is 11.1 Å². The van der Waals surface area contributed by atoms with Crippen molar-refractivity contribution in [3.63, 3.8) is 0 Å². The minimum atomic E-state index is -0.0437. The van der Waals surface area contributed by atoms with Crippen LogP contribution in [0.5, 0.6) is 0 Å². The minimum Gasteiger partial charge on any atom is -0.336 e. The van der Waals surface area contributed by atoms with Crippen LogP contribution in [0, 0.1) is 0 Å². The number of pyridine rings is 1. The lowest BCUT2D eigenvalue weighted by Crippen LogP contribution is -2.44. The Morgan fingerprint density at radius 2 is 1.70 bits per heavy atom. The van der Waals surface area contributed by atoms with E-state index in [9.17, 15) is 14.4 Å². The van der Waals surface area contributed by atoms with E-state index in [1.54, 1.807) is 16.5 Å². The molecule has 0 spiro atoms. The third-order valence-electron chi connectivity index (χ3n) is 6.86. The van der Waals surface area contributed by atoms with Crippen molar-refractivity contribution in [1.29, 1.82) is 0 Å². The Hall–Kier alpha value is -3.67. The van der Waals surface area contributed by atoms with Crippen molar-refractivity contribution in [3.05, 3.63) is 93.9 Å². The van der Waals surface area contributed by atoms with Gasteiger partial charge in [0.25, 0.3) is 5.56 Å². The Morgan fingerprint density at radius 1 is 1.00 bits per heavy atom. The Labute approximate surface area is 193 Å². The molecule has 2 amide bonds. The van der Waals surface area contributed by atoms with Crippen LogP contribution in [0.2, 0.25) is 0 Å². The number of benzene rings is 2. The summed E-state index contributed by atoms with van der Waals surface area (Å²) in [5.74, 6) is 0.123. The van der Waals surface area contributed by atoms with Gasteiger partial charge >= 0.3 is 0 Å². The molecule has 0 radical (unpaired) electrons. The summed E-state index contributed by atoms with van der Waals surface area (Å²) in [6.07, 6.45) is 1.07. The molecular weight excluding hydrogens is 414 g/mol. The SMILES string of the molecule is Cn1c2c(cc(-c3ccccc3)c1=O)CN(C(=O)CN1CC(c3ccccc3)CC1=O)CC2. The Bertz CT molecular complexity index is 1250. The van der Waals surface area contributed by atoms with Crippen LogP contribution in [0.3, 0.4) is 0 Å². The molecule has 5 rings (SSSR count). The van der Waals surface area contributed by atoms with Crippen molar-refractivity contribution < 1.29 is 9.59 Å². The molecule has 0 bridgehead atoms. The molecule has 1 aromatic heterocycles. The normalized spacial score (nSPS) is 17.8. The van der Waals surface area contributed by atoms with Gasteiger partial charge in [0, 0.05) is 56.7 Å². The highest BCUT2D eigenvalue weighted by Gasteiger charge is 2.33. The van der Waals surface area contributed by atoms with E-state index in [1.165, 1.54) is 0 Å². The largest absolute Gasteiger partial charge is 0.336 e.